The molecule has 0 N–H and O–H groups in total. The van der Waals surface area contributed by atoms with E-state index in [2.05, 4.69) is 78.6 Å². The van der Waals surface area contributed by atoms with E-state index in [1.807, 2.05) is 38.1 Å². The fraction of sp³-hybridized carbons (Fsp3) is 0.120. The highest BCUT2D eigenvalue weighted by atomic mass is 31.2. The third-order valence-corrected chi connectivity index (χ3v) is 8.57. The molecule has 0 bridgehead atoms. The standard InChI is InChI=1S/C25H25O2P/c1-3-27-25(26)21(2)19-20-28(22-13-7-4-8-14-22,23-15-9-5-10-16-23)24-17-11-6-12-18-24/h4-20H,3H2,1-2H3/b21-19+. The van der Waals surface area contributed by atoms with Gasteiger partial charge in [-0.15, -0.1) is 0 Å². The van der Waals surface area contributed by atoms with Crippen LogP contribution in [0.25, 0.3) is 0 Å². The van der Waals surface area contributed by atoms with E-state index >= 15 is 0 Å². The lowest BCUT2D eigenvalue weighted by atomic mass is 10.3. The topological polar surface area (TPSA) is 26.3 Å². The summed E-state index contributed by atoms with van der Waals surface area (Å²) in [6.45, 7) is 1.93. The predicted octanol–water partition coefficient (Wildman–Crippen LogP) is 4.29. The average molecular weight is 388 g/mol. The fourth-order valence-corrected chi connectivity index (χ4v) is 7.02. The van der Waals surface area contributed by atoms with E-state index in [0.29, 0.717) is 12.2 Å². The molecule has 0 aromatic heterocycles. The molecule has 3 aromatic rings. The van der Waals surface area contributed by atoms with Gasteiger partial charge in [-0.25, -0.2) is 4.79 Å². The van der Waals surface area contributed by atoms with Crippen LogP contribution in [0.5, 0.6) is 0 Å². The van der Waals surface area contributed by atoms with Gasteiger partial charge in [0.2, 0.25) is 0 Å². The van der Waals surface area contributed by atoms with Gasteiger partial charge >= 0.3 is 5.97 Å². The highest BCUT2D eigenvalue weighted by Gasteiger charge is 2.24. The molecule has 0 aliphatic rings. The van der Waals surface area contributed by atoms with Gasteiger partial charge in [0, 0.05) is 5.57 Å². The summed E-state index contributed by atoms with van der Waals surface area (Å²) in [5.41, 5.74) is 0.606. The zero-order chi connectivity index (χ0) is 19.8. The lowest BCUT2D eigenvalue weighted by molar-refractivity contribution is -0.138. The van der Waals surface area contributed by atoms with Crippen molar-refractivity contribution in [3.05, 3.63) is 103 Å². The Labute approximate surface area is 167 Å². The van der Waals surface area contributed by atoms with Crippen LogP contribution in [0, 0.1) is 0 Å². The minimum Gasteiger partial charge on any atom is -0.463 e. The average Bonchev–Trinajstić information content (AvgIpc) is 2.76. The fourth-order valence-electron chi connectivity index (χ4n) is 3.23. The van der Waals surface area contributed by atoms with E-state index in [0.717, 1.165) is 0 Å². The Morgan fingerprint density at radius 2 is 1.18 bits per heavy atom. The van der Waals surface area contributed by atoms with Gasteiger partial charge in [-0.3, -0.25) is 0 Å². The van der Waals surface area contributed by atoms with Crippen molar-refractivity contribution in [3.8, 4) is 0 Å². The smallest absolute Gasteiger partial charge is 0.333 e. The first-order valence-corrected chi connectivity index (χ1v) is 11.3. The number of carbonyl (C=O) groups excluding carboxylic acids is 1. The Kier molecular flexibility index (Phi) is 6.68. The minimum atomic E-state index is -2.07. The maximum absolute atomic E-state index is 12.2. The summed E-state index contributed by atoms with van der Waals surface area (Å²) in [5.74, 6) is 1.95. The molecule has 3 rings (SSSR count). The molecule has 0 aliphatic heterocycles. The summed E-state index contributed by atoms with van der Waals surface area (Å²) in [7, 11) is 0. The first-order chi connectivity index (χ1) is 13.7. The maximum atomic E-state index is 12.2. The van der Waals surface area contributed by atoms with Crippen LogP contribution in [0.3, 0.4) is 0 Å². The molecular weight excluding hydrogens is 363 g/mol. The lowest BCUT2D eigenvalue weighted by Gasteiger charge is -2.28. The Morgan fingerprint density at radius 3 is 1.54 bits per heavy atom. The summed E-state index contributed by atoms with van der Waals surface area (Å²) in [6, 6.07) is 31.6. The van der Waals surface area contributed by atoms with E-state index in [1.165, 1.54) is 15.9 Å². The SMILES string of the molecule is CCOC(=O)/C(C)=C/C=P(c1ccccc1)(c1ccccc1)c1ccccc1. The zero-order valence-corrected chi connectivity index (χ0v) is 17.2. The number of allylic oxidation sites excluding steroid dienone is 1. The van der Waals surface area contributed by atoms with Gasteiger partial charge < -0.3 is 4.74 Å². The number of hydrogen-bond donors (Lipinski definition) is 0. The number of carbonyl (C=O) groups is 1. The number of rotatable bonds is 6. The van der Waals surface area contributed by atoms with Crippen LogP contribution < -0.4 is 15.9 Å². The van der Waals surface area contributed by atoms with E-state index in [4.69, 9.17) is 4.74 Å². The normalized spacial score (nSPS) is 11.7. The van der Waals surface area contributed by atoms with Crippen molar-refractivity contribution >= 4 is 34.6 Å². The molecule has 142 valence electrons. The third-order valence-electron chi connectivity index (χ3n) is 4.64. The van der Waals surface area contributed by atoms with Crippen LogP contribution in [-0.2, 0) is 9.53 Å². The Morgan fingerprint density at radius 1 is 0.786 bits per heavy atom. The van der Waals surface area contributed by atoms with Crippen molar-refractivity contribution in [3.63, 3.8) is 0 Å². The van der Waals surface area contributed by atoms with Gasteiger partial charge in [0.1, 0.15) is 0 Å². The largest absolute Gasteiger partial charge is 0.463 e. The van der Waals surface area contributed by atoms with Gasteiger partial charge in [0.25, 0.3) is 0 Å². The quantitative estimate of drug-likeness (QED) is 0.358. The maximum Gasteiger partial charge on any atom is 0.333 e. The molecule has 0 amide bonds. The van der Waals surface area contributed by atoms with Crippen LogP contribution in [-0.4, -0.2) is 18.4 Å². The second-order valence-electron chi connectivity index (χ2n) is 6.45. The summed E-state index contributed by atoms with van der Waals surface area (Å²) < 4.78 is 5.17. The van der Waals surface area contributed by atoms with Gasteiger partial charge in [-0.2, -0.15) is 0 Å². The summed E-state index contributed by atoms with van der Waals surface area (Å²) in [5, 5.41) is 3.75. The van der Waals surface area contributed by atoms with Crippen molar-refractivity contribution in [1.82, 2.24) is 0 Å². The molecule has 28 heavy (non-hydrogen) atoms. The van der Waals surface area contributed by atoms with Crippen molar-refractivity contribution in [2.24, 2.45) is 0 Å². The predicted molar refractivity (Wildman–Crippen MR) is 122 cm³/mol. The van der Waals surface area contributed by atoms with Crippen LogP contribution >= 0.6 is 6.89 Å². The highest BCUT2D eigenvalue weighted by molar-refractivity contribution is 7.94. The second-order valence-corrected chi connectivity index (χ2v) is 9.74. The van der Waals surface area contributed by atoms with E-state index in [9.17, 15) is 4.79 Å². The van der Waals surface area contributed by atoms with Gasteiger partial charge in [-0.05, 0) is 36.6 Å². The summed E-state index contributed by atoms with van der Waals surface area (Å²) in [4.78, 5) is 12.2. The first-order valence-electron chi connectivity index (χ1n) is 9.44. The van der Waals surface area contributed by atoms with Crippen LogP contribution in [0.15, 0.2) is 103 Å². The molecule has 0 atom stereocenters. The monoisotopic (exact) mass is 388 g/mol. The number of ether oxygens (including phenoxy) is 1. The molecule has 0 radical (unpaired) electrons. The summed E-state index contributed by atoms with van der Waals surface area (Å²) >= 11 is 0. The molecule has 0 saturated carbocycles. The molecule has 0 spiro atoms. The van der Waals surface area contributed by atoms with Gasteiger partial charge in [-0.1, -0.05) is 103 Å². The first kappa shape index (κ1) is 19.9. The molecular formula is C25H25O2P. The second kappa shape index (κ2) is 9.39. The Balaban J connectivity index is 2.33. The minimum absolute atomic E-state index is 0.272. The van der Waals surface area contributed by atoms with Crippen LogP contribution in [0.4, 0.5) is 0 Å². The van der Waals surface area contributed by atoms with Crippen molar-refractivity contribution < 1.29 is 9.53 Å². The third kappa shape index (κ3) is 4.18. The van der Waals surface area contributed by atoms with Gasteiger partial charge in [0.05, 0.1) is 6.61 Å². The lowest BCUT2D eigenvalue weighted by Crippen LogP contribution is -2.26. The number of esters is 1. The Bertz CT molecular complexity index is 887. The van der Waals surface area contributed by atoms with Crippen molar-refractivity contribution in [2.75, 3.05) is 6.61 Å². The van der Waals surface area contributed by atoms with E-state index < -0.39 is 6.89 Å². The van der Waals surface area contributed by atoms with Crippen molar-refractivity contribution in [2.45, 2.75) is 13.8 Å². The molecule has 0 saturated heterocycles. The molecule has 0 aliphatic carbocycles. The van der Waals surface area contributed by atoms with Crippen molar-refractivity contribution in [1.29, 1.82) is 0 Å². The summed E-state index contributed by atoms with van der Waals surface area (Å²) in [6.07, 6.45) is 1.93. The number of benzene rings is 3. The molecule has 0 heterocycles. The molecule has 0 unspecified atom stereocenters. The Hall–Kier alpha value is -2.83. The van der Waals surface area contributed by atoms with E-state index in [1.54, 1.807) is 0 Å². The molecule has 3 aromatic carbocycles. The molecule has 0 fully saturated rings. The highest BCUT2D eigenvalue weighted by Crippen LogP contribution is 2.43. The number of hydrogen-bond acceptors (Lipinski definition) is 2. The zero-order valence-electron chi connectivity index (χ0n) is 16.3. The molecule has 3 heteroatoms. The van der Waals surface area contributed by atoms with Crippen LogP contribution in [0.1, 0.15) is 13.8 Å². The molecule has 2 nitrogen and oxygen atoms in total. The van der Waals surface area contributed by atoms with Gasteiger partial charge in [0.15, 0.2) is 0 Å². The van der Waals surface area contributed by atoms with Crippen LogP contribution in [0.2, 0.25) is 0 Å². The van der Waals surface area contributed by atoms with E-state index in [-0.39, 0.29) is 5.97 Å².